The molecule has 0 unspecified atom stereocenters. The van der Waals surface area contributed by atoms with E-state index in [0.29, 0.717) is 16.9 Å². The third-order valence-electron chi connectivity index (χ3n) is 5.41. The summed E-state index contributed by atoms with van der Waals surface area (Å²) < 4.78 is 9.12. The predicted octanol–water partition coefficient (Wildman–Crippen LogP) is 4.09. The first-order valence-electron chi connectivity index (χ1n) is 10.0. The molecule has 152 valence electrons. The Morgan fingerprint density at radius 2 is 2.00 bits per heavy atom. The van der Waals surface area contributed by atoms with Gasteiger partial charge < -0.3 is 9.30 Å². The second-order valence-corrected chi connectivity index (χ2v) is 8.66. The molecular formula is C23H21N3O3S. The van der Waals surface area contributed by atoms with Crippen LogP contribution in [0.25, 0.3) is 10.6 Å². The van der Waals surface area contributed by atoms with Crippen molar-refractivity contribution in [3.05, 3.63) is 86.5 Å². The minimum atomic E-state index is -0.357. The molecule has 0 radical (unpaired) electrons. The molecule has 6 nitrogen and oxygen atoms in total. The third kappa shape index (κ3) is 3.35. The van der Waals surface area contributed by atoms with Crippen molar-refractivity contribution in [3.63, 3.8) is 0 Å². The molecule has 4 aromatic heterocycles. The van der Waals surface area contributed by atoms with Gasteiger partial charge >= 0.3 is 5.97 Å². The van der Waals surface area contributed by atoms with Crippen LogP contribution in [0.15, 0.2) is 53.7 Å². The van der Waals surface area contributed by atoms with E-state index in [4.69, 9.17) is 4.74 Å². The molecule has 5 rings (SSSR count). The number of carbonyl (C=O) groups excluding carboxylic acids is 1. The highest BCUT2D eigenvalue weighted by atomic mass is 32.1. The van der Waals surface area contributed by atoms with Gasteiger partial charge in [0.2, 0.25) is 0 Å². The van der Waals surface area contributed by atoms with Gasteiger partial charge in [-0.3, -0.25) is 9.20 Å². The van der Waals surface area contributed by atoms with Crippen molar-refractivity contribution < 1.29 is 9.53 Å². The van der Waals surface area contributed by atoms with E-state index in [1.807, 2.05) is 42.1 Å². The highest BCUT2D eigenvalue weighted by Crippen LogP contribution is 2.37. The summed E-state index contributed by atoms with van der Waals surface area (Å²) in [5, 5.41) is 0.902. The van der Waals surface area contributed by atoms with Gasteiger partial charge in [0.15, 0.2) is 0 Å². The lowest BCUT2D eigenvalue weighted by molar-refractivity contribution is 0.0467. The fourth-order valence-corrected chi connectivity index (χ4v) is 5.30. The molecule has 0 fully saturated rings. The number of ether oxygens (including phenoxy) is 1. The van der Waals surface area contributed by atoms with E-state index in [9.17, 15) is 9.59 Å². The monoisotopic (exact) mass is 419 g/mol. The Morgan fingerprint density at radius 1 is 1.20 bits per heavy atom. The van der Waals surface area contributed by atoms with Crippen LogP contribution in [0.5, 0.6) is 0 Å². The Morgan fingerprint density at radius 3 is 2.83 bits per heavy atom. The van der Waals surface area contributed by atoms with Crippen LogP contribution in [0, 0.1) is 6.92 Å². The van der Waals surface area contributed by atoms with Crippen LogP contribution >= 0.6 is 11.3 Å². The maximum atomic E-state index is 13.1. The van der Waals surface area contributed by atoms with Gasteiger partial charge in [-0.25, -0.2) is 9.78 Å². The summed E-state index contributed by atoms with van der Waals surface area (Å²) >= 11 is 1.67. The number of hydrogen-bond donors (Lipinski definition) is 0. The third-order valence-corrected chi connectivity index (χ3v) is 6.71. The number of fused-ring (bicyclic) bond motifs is 2. The first kappa shape index (κ1) is 18.8. The highest BCUT2D eigenvalue weighted by Gasteiger charge is 2.27. The van der Waals surface area contributed by atoms with E-state index in [1.54, 1.807) is 23.6 Å². The first-order valence-corrected chi connectivity index (χ1v) is 10.9. The van der Waals surface area contributed by atoms with Gasteiger partial charge in [0.1, 0.15) is 17.3 Å². The number of rotatable bonds is 4. The molecule has 0 aliphatic heterocycles. The zero-order chi connectivity index (χ0) is 20.7. The summed E-state index contributed by atoms with van der Waals surface area (Å²) in [5.41, 5.74) is 3.55. The van der Waals surface area contributed by atoms with Crippen LogP contribution in [0.1, 0.15) is 44.9 Å². The van der Waals surface area contributed by atoms with Crippen LogP contribution in [-0.4, -0.2) is 19.9 Å². The Bertz CT molecular complexity index is 1300. The van der Waals surface area contributed by atoms with Crippen LogP contribution < -0.4 is 5.56 Å². The summed E-state index contributed by atoms with van der Waals surface area (Å²) in [6.45, 7) is 1.89. The van der Waals surface area contributed by atoms with E-state index in [0.717, 1.165) is 41.8 Å². The average molecular weight is 420 g/mol. The Kier molecular flexibility index (Phi) is 4.75. The number of pyridine rings is 1. The summed E-state index contributed by atoms with van der Waals surface area (Å²) in [5.74, 6) is -0.357. The quantitative estimate of drug-likeness (QED) is 0.467. The second kappa shape index (κ2) is 7.57. The SMILES string of the molecule is Cc1ccc2nc(COC(=O)c3c(-n4cccc4)sc4c3CCCC4)cc(=O)n2c1. The van der Waals surface area contributed by atoms with Crippen LogP contribution in [0.3, 0.4) is 0 Å². The number of nitrogens with zero attached hydrogens (tertiary/aromatic N) is 3. The predicted molar refractivity (Wildman–Crippen MR) is 116 cm³/mol. The van der Waals surface area contributed by atoms with Crippen LogP contribution in [0.2, 0.25) is 0 Å². The Labute approximate surface area is 177 Å². The number of hydrogen-bond acceptors (Lipinski definition) is 5. The van der Waals surface area contributed by atoms with Crippen molar-refractivity contribution >= 4 is 23.0 Å². The van der Waals surface area contributed by atoms with Gasteiger partial charge in [0.25, 0.3) is 5.56 Å². The Balaban J connectivity index is 1.45. The van der Waals surface area contributed by atoms with E-state index in [-0.39, 0.29) is 18.1 Å². The molecule has 1 aliphatic rings. The molecule has 4 heterocycles. The van der Waals surface area contributed by atoms with Crippen molar-refractivity contribution in [1.29, 1.82) is 0 Å². The number of carbonyl (C=O) groups is 1. The number of aromatic nitrogens is 3. The smallest absolute Gasteiger partial charge is 0.341 e. The van der Waals surface area contributed by atoms with Crippen molar-refractivity contribution in [2.45, 2.75) is 39.2 Å². The molecule has 0 bridgehead atoms. The lowest BCUT2D eigenvalue weighted by Gasteiger charge is -2.13. The van der Waals surface area contributed by atoms with Gasteiger partial charge in [-0.05, 0) is 61.9 Å². The lowest BCUT2D eigenvalue weighted by Crippen LogP contribution is -2.17. The summed E-state index contributed by atoms with van der Waals surface area (Å²) in [6, 6.07) is 9.01. The van der Waals surface area contributed by atoms with Crippen molar-refractivity contribution in [1.82, 2.24) is 14.0 Å². The van der Waals surface area contributed by atoms with E-state index in [1.165, 1.54) is 15.3 Å². The Hall–Kier alpha value is -3.19. The maximum absolute atomic E-state index is 13.1. The summed E-state index contributed by atoms with van der Waals surface area (Å²) in [6.07, 6.45) is 9.77. The van der Waals surface area contributed by atoms with Gasteiger partial charge in [-0.2, -0.15) is 0 Å². The van der Waals surface area contributed by atoms with Gasteiger partial charge in [0.05, 0.1) is 11.3 Å². The molecule has 30 heavy (non-hydrogen) atoms. The van der Waals surface area contributed by atoms with Gasteiger partial charge in [-0.15, -0.1) is 11.3 Å². The topological polar surface area (TPSA) is 65.6 Å². The summed E-state index contributed by atoms with van der Waals surface area (Å²) in [7, 11) is 0. The molecule has 0 aromatic carbocycles. The number of thiophene rings is 1. The average Bonchev–Trinajstić information content (AvgIpc) is 3.40. The van der Waals surface area contributed by atoms with Crippen LogP contribution in [0.4, 0.5) is 0 Å². The molecule has 0 saturated heterocycles. The van der Waals surface area contributed by atoms with Crippen molar-refractivity contribution in [2.75, 3.05) is 0 Å². The molecule has 0 spiro atoms. The van der Waals surface area contributed by atoms with Crippen molar-refractivity contribution in [3.8, 4) is 5.00 Å². The van der Waals surface area contributed by atoms with E-state index in [2.05, 4.69) is 4.98 Å². The first-order chi connectivity index (χ1) is 14.6. The normalized spacial score (nSPS) is 13.4. The second-order valence-electron chi connectivity index (χ2n) is 7.58. The summed E-state index contributed by atoms with van der Waals surface area (Å²) in [4.78, 5) is 31.3. The standard InChI is InChI=1S/C23H21N3O3S/c1-15-8-9-19-24-16(12-20(27)26(19)13-15)14-29-23(28)21-17-6-2-3-7-18(17)30-22(21)25-10-4-5-11-25/h4-5,8-13H,2-3,6-7,14H2,1H3. The number of esters is 1. The fourth-order valence-electron chi connectivity index (χ4n) is 3.96. The minimum Gasteiger partial charge on any atom is -0.455 e. The zero-order valence-electron chi connectivity index (χ0n) is 16.6. The molecule has 1 aliphatic carbocycles. The van der Waals surface area contributed by atoms with E-state index >= 15 is 0 Å². The van der Waals surface area contributed by atoms with Crippen molar-refractivity contribution in [2.24, 2.45) is 0 Å². The fraction of sp³-hybridized carbons (Fsp3) is 0.261. The van der Waals surface area contributed by atoms with Gasteiger partial charge in [-0.1, -0.05) is 6.07 Å². The molecular weight excluding hydrogens is 398 g/mol. The minimum absolute atomic E-state index is 0.0335. The zero-order valence-corrected chi connectivity index (χ0v) is 17.4. The maximum Gasteiger partial charge on any atom is 0.341 e. The largest absolute Gasteiger partial charge is 0.455 e. The number of aryl methyl sites for hydroxylation is 2. The molecule has 4 aromatic rings. The van der Waals surface area contributed by atoms with Crippen LogP contribution in [-0.2, 0) is 24.2 Å². The molecule has 0 atom stereocenters. The van der Waals surface area contributed by atoms with Gasteiger partial charge in [0, 0.05) is 29.5 Å². The molecule has 0 N–H and O–H groups in total. The highest BCUT2D eigenvalue weighted by molar-refractivity contribution is 7.15. The van der Waals surface area contributed by atoms with E-state index < -0.39 is 0 Å². The molecule has 0 saturated carbocycles. The lowest BCUT2D eigenvalue weighted by atomic mass is 9.95. The molecule has 0 amide bonds. The molecule has 7 heteroatoms.